The maximum Gasteiger partial charge on any atom is 0.263 e. The molecule has 1 atom stereocenters. The van der Waals surface area contributed by atoms with E-state index in [1.54, 1.807) is 36.9 Å². The van der Waals surface area contributed by atoms with Crippen LogP contribution >= 0.6 is 0 Å². The van der Waals surface area contributed by atoms with Crippen LogP contribution in [0.15, 0.2) is 99.4 Å². The van der Waals surface area contributed by atoms with Gasteiger partial charge in [-0.15, -0.1) is 0 Å². The lowest BCUT2D eigenvalue weighted by molar-refractivity contribution is 0.398. The van der Waals surface area contributed by atoms with Crippen LogP contribution in [0.5, 0.6) is 5.88 Å². The van der Waals surface area contributed by atoms with Crippen LogP contribution in [-0.2, 0) is 0 Å². The maximum absolute atomic E-state index is 14.2. The van der Waals surface area contributed by atoms with Crippen molar-refractivity contribution < 1.29 is 4.74 Å². The molecule has 0 saturated carbocycles. The molecule has 0 aliphatic rings. The number of nitrogens with two attached hydrogens (primary N) is 2. The van der Waals surface area contributed by atoms with Crippen molar-refractivity contribution in [3.8, 4) is 28.8 Å². The standard InChI is InChI=1S/C29H27N7O2/c1-4-19(17-30)27(35-29(31)32)34-18(2)24-15-21-9-8-12-23(20-13-14-33-25(16-20)38-3)26(21)28(37)36(24)22-10-6-5-7-11-22/h4-16,18H,1-3H3,(H4,31,32,34,35)/b19-4-/t18-/m0/s1. The molecule has 0 unspecified atom stereocenters. The van der Waals surface area contributed by atoms with Gasteiger partial charge in [-0.1, -0.05) is 42.5 Å². The summed E-state index contributed by atoms with van der Waals surface area (Å²) in [6.07, 6.45) is 3.23. The van der Waals surface area contributed by atoms with E-state index in [9.17, 15) is 10.1 Å². The van der Waals surface area contributed by atoms with E-state index >= 15 is 0 Å². The van der Waals surface area contributed by atoms with E-state index in [1.807, 2.05) is 67.6 Å². The fourth-order valence-electron chi connectivity index (χ4n) is 4.24. The summed E-state index contributed by atoms with van der Waals surface area (Å²) in [6, 6.07) is 22.0. The summed E-state index contributed by atoms with van der Waals surface area (Å²) in [4.78, 5) is 27.2. The number of ether oxygens (including phenoxy) is 1. The topological polar surface area (TPSA) is 145 Å². The molecule has 9 nitrogen and oxygen atoms in total. The molecule has 190 valence electrons. The molecule has 0 saturated heterocycles. The quantitative estimate of drug-likeness (QED) is 0.227. The Morgan fingerprint density at radius 3 is 2.55 bits per heavy atom. The fourth-order valence-corrected chi connectivity index (χ4v) is 4.24. The lowest BCUT2D eigenvalue weighted by atomic mass is 9.98. The molecule has 0 aliphatic heterocycles. The maximum atomic E-state index is 14.2. The Hall–Kier alpha value is -5.23. The van der Waals surface area contributed by atoms with Gasteiger partial charge in [-0.3, -0.25) is 14.4 Å². The van der Waals surface area contributed by atoms with Crippen molar-refractivity contribution in [2.24, 2.45) is 21.5 Å². The number of aliphatic imine (C=N–C) groups is 2. The number of aromatic nitrogens is 2. The number of nitriles is 1. The minimum atomic E-state index is -0.585. The number of guanidine groups is 1. The van der Waals surface area contributed by atoms with E-state index in [2.05, 4.69) is 21.0 Å². The van der Waals surface area contributed by atoms with Crippen LogP contribution in [0, 0.1) is 11.3 Å². The summed E-state index contributed by atoms with van der Waals surface area (Å²) in [7, 11) is 1.55. The summed E-state index contributed by atoms with van der Waals surface area (Å²) in [6.45, 7) is 3.52. The number of hydrogen-bond acceptors (Lipinski definition) is 5. The second kappa shape index (κ2) is 11.2. The second-order valence-electron chi connectivity index (χ2n) is 8.38. The summed E-state index contributed by atoms with van der Waals surface area (Å²) >= 11 is 0. The highest BCUT2D eigenvalue weighted by Gasteiger charge is 2.20. The molecule has 38 heavy (non-hydrogen) atoms. The van der Waals surface area contributed by atoms with E-state index in [4.69, 9.17) is 16.2 Å². The Labute approximate surface area is 220 Å². The van der Waals surface area contributed by atoms with E-state index in [0.717, 1.165) is 16.5 Å². The van der Waals surface area contributed by atoms with E-state index in [1.165, 1.54) is 0 Å². The van der Waals surface area contributed by atoms with Gasteiger partial charge >= 0.3 is 0 Å². The molecule has 9 heteroatoms. The third-order valence-electron chi connectivity index (χ3n) is 5.97. The van der Waals surface area contributed by atoms with Crippen LogP contribution in [0.25, 0.3) is 27.6 Å². The van der Waals surface area contributed by atoms with E-state index in [-0.39, 0.29) is 22.9 Å². The summed E-state index contributed by atoms with van der Waals surface area (Å²) < 4.78 is 6.93. The Morgan fingerprint density at radius 1 is 1.13 bits per heavy atom. The molecule has 4 rings (SSSR count). The van der Waals surface area contributed by atoms with E-state index in [0.29, 0.717) is 22.6 Å². The minimum Gasteiger partial charge on any atom is -0.481 e. The van der Waals surface area contributed by atoms with Crippen molar-refractivity contribution in [3.63, 3.8) is 0 Å². The number of amidine groups is 1. The van der Waals surface area contributed by atoms with Crippen LogP contribution < -0.4 is 21.8 Å². The Morgan fingerprint density at radius 2 is 1.89 bits per heavy atom. The lowest BCUT2D eigenvalue weighted by Gasteiger charge is -2.19. The molecule has 0 fully saturated rings. The normalized spacial score (nSPS) is 12.6. The summed E-state index contributed by atoms with van der Waals surface area (Å²) in [5.74, 6) is 0.321. The van der Waals surface area contributed by atoms with Gasteiger partial charge in [0.2, 0.25) is 5.88 Å². The van der Waals surface area contributed by atoms with Crippen LogP contribution in [-0.4, -0.2) is 28.5 Å². The number of para-hydroxylation sites is 1. The molecule has 0 bridgehead atoms. The van der Waals surface area contributed by atoms with Crippen molar-refractivity contribution in [2.75, 3.05) is 7.11 Å². The van der Waals surface area contributed by atoms with Gasteiger partial charge in [-0.2, -0.15) is 10.3 Å². The first-order valence-electron chi connectivity index (χ1n) is 11.9. The zero-order chi connectivity index (χ0) is 27.2. The predicted octanol–water partition coefficient (Wildman–Crippen LogP) is 4.26. The highest BCUT2D eigenvalue weighted by molar-refractivity contribution is 6.07. The number of benzene rings is 2. The number of rotatable bonds is 6. The summed E-state index contributed by atoms with van der Waals surface area (Å²) in [5, 5.41) is 10.8. The zero-order valence-electron chi connectivity index (χ0n) is 21.3. The molecule has 0 radical (unpaired) electrons. The molecule has 4 aromatic rings. The SMILES string of the molecule is C/C=C(/C#N)C(N=C(N)N)=N[C@@H](C)c1cc2cccc(-c3ccnc(OC)c3)c2c(=O)n1-c1ccccc1. The van der Waals surface area contributed by atoms with Gasteiger partial charge in [0.05, 0.1) is 29.8 Å². The van der Waals surface area contributed by atoms with Gasteiger partial charge in [0.1, 0.15) is 6.07 Å². The molecule has 0 spiro atoms. The van der Waals surface area contributed by atoms with Crippen molar-refractivity contribution in [3.05, 3.63) is 101 Å². The molecule has 0 amide bonds. The Balaban J connectivity index is 2.04. The molecular weight excluding hydrogens is 478 g/mol. The number of pyridine rings is 2. The van der Waals surface area contributed by atoms with Gasteiger partial charge in [-0.05, 0) is 54.6 Å². The highest BCUT2D eigenvalue weighted by Crippen LogP contribution is 2.31. The van der Waals surface area contributed by atoms with Gasteiger partial charge in [0.15, 0.2) is 11.8 Å². The fraction of sp³-hybridized carbons (Fsp3) is 0.138. The third-order valence-corrected chi connectivity index (χ3v) is 5.97. The van der Waals surface area contributed by atoms with Crippen molar-refractivity contribution >= 4 is 22.6 Å². The number of fused-ring (bicyclic) bond motifs is 1. The first-order valence-corrected chi connectivity index (χ1v) is 11.9. The van der Waals surface area contributed by atoms with Gasteiger partial charge in [0, 0.05) is 18.0 Å². The first-order chi connectivity index (χ1) is 18.4. The molecule has 4 N–H and O–H groups in total. The van der Waals surface area contributed by atoms with E-state index < -0.39 is 6.04 Å². The van der Waals surface area contributed by atoms with Crippen molar-refractivity contribution in [2.45, 2.75) is 19.9 Å². The van der Waals surface area contributed by atoms with Gasteiger partial charge in [0.25, 0.3) is 5.56 Å². The van der Waals surface area contributed by atoms with Crippen molar-refractivity contribution in [1.82, 2.24) is 9.55 Å². The van der Waals surface area contributed by atoms with Crippen LogP contribution in [0.4, 0.5) is 0 Å². The highest BCUT2D eigenvalue weighted by atomic mass is 16.5. The average molecular weight is 506 g/mol. The number of allylic oxidation sites excluding steroid dienone is 1. The smallest absolute Gasteiger partial charge is 0.263 e. The second-order valence-corrected chi connectivity index (χ2v) is 8.38. The largest absolute Gasteiger partial charge is 0.481 e. The third kappa shape index (κ3) is 5.15. The number of hydrogen-bond donors (Lipinski definition) is 2. The Kier molecular flexibility index (Phi) is 7.63. The Bertz CT molecular complexity index is 1680. The van der Waals surface area contributed by atoms with Gasteiger partial charge < -0.3 is 16.2 Å². The number of nitrogens with zero attached hydrogens (tertiary/aromatic N) is 5. The molecule has 2 aromatic carbocycles. The number of methoxy groups -OCH3 is 1. The van der Waals surface area contributed by atoms with Gasteiger partial charge in [-0.25, -0.2) is 4.98 Å². The zero-order valence-corrected chi connectivity index (χ0v) is 21.3. The predicted molar refractivity (Wildman–Crippen MR) is 150 cm³/mol. The minimum absolute atomic E-state index is 0.0901. The van der Waals surface area contributed by atoms with Crippen molar-refractivity contribution in [1.29, 1.82) is 5.26 Å². The molecule has 2 heterocycles. The average Bonchev–Trinajstić information content (AvgIpc) is 2.93. The molecular formula is C29H27N7O2. The van der Waals surface area contributed by atoms with Crippen LogP contribution in [0.3, 0.4) is 0 Å². The lowest BCUT2D eigenvalue weighted by Crippen LogP contribution is -2.25. The molecule has 2 aromatic heterocycles. The summed E-state index contributed by atoms with van der Waals surface area (Å²) in [5.41, 5.74) is 14.1. The molecule has 0 aliphatic carbocycles. The first kappa shape index (κ1) is 25.9. The monoisotopic (exact) mass is 505 g/mol. The van der Waals surface area contributed by atoms with Crippen LogP contribution in [0.2, 0.25) is 0 Å². The van der Waals surface area contributed by atoms with Crippen LogP contribution in [0.1, 0.15) is 25.6 Å².